The number of hydrogen-bond donors (Lipinski definition) is 1. The highest BCUT2D eigenvalue weighted by atomic mass is 35.5. The van der Waals surface area contributed by atoms with E-state index in [1.54, 1.807) is 4.90 Å². The number of amides is 1. The molecule has 1 fully saturated rings. The molecule has 2 aliphatic heterocycles. The van der Waals surface area contributed by atoms with Crippen molar-refractivity contribution in [2.75, 3.05) is 18.0 Å². The van der Waals surface area contributed by atoms with Gasteiger partial charge >= 0.3 is 0 Å². The molecule has 0 saturated carbocycles. The zero-order valence-corrected chi connectivity index (χ0v) is 26.5. The SMILES string of the molecule is C=CC(=O)N1CC2Cc3c(c4cc(F)c(-c5c(O)cccc5F)c(Cl)c4n(-c4c(C(C)C)ncnc4C(C)C)c3=O)N2CC1C. The fourth-order valence-corrected chi connectivity index (χ4v) is 7.22. The van der Waals surface area contributed by atoms with Crippen molar-refractivity contribution in [3.05, 3.63) is 87.2 Å². The third kappa shape index (κ3) is 4.69. The monoisotopic (exact) mass is 633 g/mol. The van der Waals surface area contributed by atoms with Crippen molar-refractivity contribution in [1.82, 2.24) is 19.4 Å². The molecule has 1 saturated heterocycles. The maximum Gasteiger partial charge on any atom is 0.261 e. The van der Waals surface area contributed by atoms with E-state index in [2.05, 4.69) is 16.5 Å². The number of benzene rings is 2. The van der Waals surface area contributed by atoms with Crippen molar-refractivity contribution < 1.29 is 18.7 Å². The van der Waals surface area contributed by atoms with E-state index in [0.29, 0.717) is 53.2 Å². The number of carbonyl (C=O) groups is 1. The number of rotatable bonds is 5. The smallest absolute Gasteiger partial charge is 0.261 e. The van der Waals surface area contributed by atoms with E-state index in [-0.39, 0.29) is 51.5 Å². The topological polar surface area (TPSA) is 91.6 Å². The number of halogens is 3. The molecule has 0 spiro atoms. The maximum absolute atomic E-state index is 16.3. The average molecular weight is 634 g/mol. The van der Waals surface area contributed by atoms with Crippen molar-refractivity contribution >= 4 is 34.1 Å². The van der Waals surface area contributed by atoms with Crippen LogP contribution in [0.25, 0.3) is 27.7 Å². The van der Waals surface area contributed by atoms with Crippen molar-refractivity contribution in [2.24, 2.45) is 0 Å². The van der Waals surface area contributed by atoms with Gasteiger partial charge in [0.1, 0.15) is 23.7 Å². The Labute approximate surface area is 264 Å². The van der Waals surface area contributed by atoms with E-state index in [9.17, 15) is 14.7 Å². The van der Waals surface area contributed by atoms with Crippen LogP contribution in [-0.2, 0) is 11.2 Å². The molecule has 45 heavy (non-hydrogen) atoms. The first kappa shape index (κ1) is 30.7. The summed E-state index contributed by atoms with van der Waals surface area (Å²) in [6.45, 7) is 14.1. The van der Waals surface area contributed by atoms with Crippen LogP contribution in [0.3, 0.4) is 0 Å². The van der Waals surface area contributed by atoms with E-state index in [1.807, 2.05) is 39.5 Å². The predicted molar refractivity (Wildman–Crippen MR) is 172 cm³/mol. The maximum atomic E-state index is 16.3. The van der Waals surface area contributed by atoms with E-state index in [0.717, 1.165) is 6.07 Å². The Morgan fingerprint density at radius 3 is 2.33 bits per heavy atom. The third-order valence-electron chi connectivity index (χ3n) is 8.88. The minimum atomic E-state index is -0.865. The van der Waals surface area contributed by atoms with Crippen LogP contribution in [0.5, 0.6) is 5.75 Å². The molecule has 11 heteroatoms. The van der Waals surface area contributed by atoms with Gasteiger partial charge in [-0.1, -0.05) is 51.9 Å². The van der Waals surface area contributed by atoms with Gasteiger partial charge < -0.3 is 14.9 Å². The summed E-state index contributed by atoms with van der Waals surface area (Å²) in [5, 5.41) is 10.8. The Balaban J connectivity index is 1.77. The lowest BCUT2D eigenvalue weighted by Gasteiger charge is -2.43. The van der Waals surface area contributed by atoms with E-state index in [1.165, 1.54) is 35.2 Å². The number of aromatic nitrogens is 3. The molecule has 4 heterocycles. The van der Waals surface area contributed by atoms with Gasteiger partial charge in [0.15, 0.2) is 0 Å². The van der Waals surface area contributed by atoms with Gasteiger partial charge in [-0.25, -0.2) is 18.7 Å². The molecule has 0 aliphatic carbocycles. The first-order valence-corrected chi connectivity index (χ1v) is 15.4. The summed E-state index contributed by atoms with van der Waals surface area (Å²) in [6.07, 6.45) is 3.06. The second-order valence-corrected chi connectivity index (χ2v) is 12.8. The van der Waals surface area contributed by atoms with Crippen LogP contribution in [0, 0.1) is 11.6 Å². The number of hydrogen-bond acceptors (Lipinski definition) is 6. The van der Waals surface area contributed by atoms with Crippen molar-refractivity contribution in [3.63, 3.8) is 0 Å². The summed E-state index contributed by atoms with van der Waals surface area (Å²) >= 11 is 7.10. The van der Waals surface area contributed by atoms with Crippen LogP contribution in [0.4, 0.5) is 14.5 Å². The minimum absolute atomic E-state index is 0.129. The predicted octanol–water partition coefficient (Wildman–Crippen LogP) is 6.48. The summed E-state index contributed by atoms with van der Waals surface area (Å²) in [6, 6.07) is 4.48. The van der Waals surface area contributed by atoms with Crippen LogP contribution in [-0.4, -0.2) is 55.6 Å². The molecule has 1 amide bonds. The summed E-state index contributed by atoms with van der Waals surface area (Å²) < 4.78 is 33.0. The summed E-state index contributed by atoms with van der Waals surface area (Å²) in [4.78, 5) is 40.4. The Hall–Kier alpha value is -4.31. The number of piperazine rings is 1. The molecular weight excluding hydrogens is 600 g/mol. The zero-order chi connectivity index (χ0) is 32.5. The van der Waals surface area contributed by atoms with Gasteiger partial charge in [-0.3, -0.25) is 14.2 Å². The largest absolute Gasteiger partial charge is 0.507 e. The number of nitrogens with zero attached hydrogens (tertiary/aromatic N) is 5. The molecule has 4 aromatic rings. The highest BCUT2D eigenvalue weighted by molar-refractivity contribution is 6.38. The minimum Gasteiger partial charge on any atom is -0.507 e. The van der Waals surface area contributed by atoms with Crippen molar-refractivity contribution in [1.29, 1.82) is 0 Å². The lowest BCUT2D eigenvalue weighted by molar-refractivity contribution is -0.128. The van der Waals surface area contributed by atoms with Gasteiger partial charge in [0.05, 0.1) is 44.9 Å². The number of phenolic OH excluding ortho intramolecular Hbond substituents is 1. The van der Waals surface area contributed by atoms with Crippen LogP contribution in [0.1, 0.15) is 63.4 Å². The number of aromatic hydroxyl groups is 1. The highest BCUT2D eigenvalue weighted by Gasteiger charge is 2.42. The van der Waals surface area contributed by atoms with E-state index in [4.69, 9.17) is 11.6 Å². The first-order valence-electron chi connectivity index (χ1n) is 15.0. The fraction of sp³-hybridized carbons (Fsp3) is 0.353. The molecule has 2 atom stereocenters. The lowest BCUT2D eigenvalue weighted by Crippen LogP contribution is -2.57. The third-order valence-corrected chi connectivity index (χ3v) is 9.25. The molecule has 234 valence electrons. The summed E-state index contributed by atoms with van der Waals surface area (Å²) in [5.41, 5.74) is 1.66. The first-order chi connectivity index (χ1) is 21.4. The molecule has 1 N–H and O–H groups in total. The van der Waals surface area contributed by atoms with Crippen LogP contribution >= 0.6 is 11.6 Å². The van der Waals surface area contributed by atoms with Gasteiger partial charge in [0.2, 0.25) is 5.91 Å². The molecule has 8 nitrogen and oxygen atoms in total. The van der Waals surface area contributed by atoms with Crippen molar-refractivity contribution in [2.45, 2.75) is 65.0 Å². The molecule has 2 aromatic carbocycles. The van der Waals surface area contributed by atoms with Gasteiger partial charge in [-0.2, -0.15) is 0 Å². The number of carbonyl (C=O) groups excluding carboxylic acids is 1. The average Bonchev–Trinajstić information content (AvgIpc) is 3.36. The van der Waals surface area contributed by atoms with E-state index >= 15 is 8.78 Å². The van der Waals surface area contributed by atoms with Crippen LogP contribution in [0.15, 0.2) is 48.0 Å². The standard InChI is InChI=1S/C34H34ClF2N5O3/c1-7-25(44)40-14-19-11-21-31(41(19)13-18(40)6)20-12-23(37)27(26-22(36)9-8-10-24(26)43)28(35)32(20)42(34(21)45)33-29(16(2)3)38-15-39-30(33)17(4)5/h7-10,12,15-19,43H,1,11,13-14H2,2-6H3. The number of pyridine rings is 1. The quantitative estimate of drug-likeness (QED) is 0.253. The van der Waals surface area contributed by atoms with Gasteiger partial charge in [-0.05, 0) is 43.0 Å². The Morgan fingerprint density at radius 1 is 1.07 bits per heavy atom. The number of fused-ring (bicyclic) bond motifs is 5. The number of phenols is 1. The zero-order valence-electron chi connectivity index (χ0n) is 25.7. The Morgan fingerprint density at radius 2 is 1.73 bits per heavy atom. The molecule has 0 bridgehead atoms. The van der Waals surface area contributed by atoms with Crippen LogP contribution < -0.4 is 10.5 Å². The normalized spacial score (nSPS) is 17.7. The summed E-state index contributed by atoms with van der Waals surface area (Å²) in [7, 11) is 0. The second-order valence-electron chi connectivity index (χ2n) is 12.4. The van der Waals surface area contributed by atoms with Crippen molar-refractivity contribution in [3.8, 4) is 22.6 Å². The molecular formula is C34H34ClF2N5O3. The summed E-state index contributed by atoms with van der Waals surface area (Å²) in [5.74, 6) is -2.67. The van der Waals surface area contributed by atoms with Gasteiger partial charge in [-0.15, -0.1) is 0 Å². The fourth-order valence-electron chi connectivity index (χ4n) is 6.85. The lowest BCUT2D eigenvalue weighted by atomic mass is 9.97. The van der Waals surface area contributed by atoms with Gasteiger partial charge in [0, 0.05) is 42.1 Å². The second kappa shape index (κ2) is 11.2. The molecule has 6 rings (SSSR count). The van der Waals surface area contributed by atoms with Gasteiger partial charge in [0.25, 0.3) is 5.56 Å². The molecule has 2 aromatic heterocycles. The molecule has 2 aliphatic rings. The van der Waals surface area contributed by atoms with Crippen LogP contribution in [0.2, 0.25) is 5.02 Å². The Bertz CT molecular complexity index is 1910. The molecule has 2 unspecified atom stereocenters. The molecule has 0 radical (unpaired) electrons. The Kier molecular flexibility index (Phi) is 7.67. The van der Waals surface area contributed by atoms with E-state index < -0.39 is 22.9 Å². The highest BCUT2D eigenvalue weighted by Crippen LogP contribution is 2.47. The number of anilines is 1.